The lowest BCUT2D eigenvalue weighted by molar-refractivity contribution is -0.118. The lowest BCUT2D eigenvalue weighted by atomic mass is 10.1. The van der Waals surface area contributed by atoms with E-state index in [1.54, 1.807) is 0 Å². The molecule has 1 aromatic carbocycles. The second-order valence-corrected chi connectivity index (χ2v) is 3.11. The molecule has 0 heterocycles. The smallest absolute Gasteiger partial charge is 0.137 e. The molecule has 0 radical (unpaired) electrons. The predicted octanol–water partition coefficient (Wildman–Crippen LogP) is 2.61. The van der Waals surface area contributed by atoms with Crippen molar-refractivity contribution in [1.29, 1.82) is 0 Å². The highest BCUT2D eigenvalue weighted by atomic mass is 16.5. The van der Waals surface area contributed by atoms with Gasteiger partial charge in [0.2, 0.25) is 0 Å². The largest absolute Gasteiger partial charge is 0.494 e. The molecule has 0 N–H and O–H groups in total. The van der Waals surface area contributed by atoms with Crippen molar-refractivity contribution in [1.82, 2.24) is 0 Å². The summed E-state index contributed by atoms with van der Waals surface area (Å²) in [5, 5.41) is 0. The van der Waals surface area contributed by atoms with Crippen LogP contribution in [0.25, 0.3) is 0 Å². The summed E-state index contributed by atoms with van der Waals surface area (Å²) in [5.74, 6) is 1.08. The van der Waals surface area contributed by atoms with Crippen molar-refractivity contribution in [2.24, 2.45) is 0 Å². The molecule has 2 nitrogen and oxygen atoms in total. The zero-order chi connectivity index (χ0) is 10.4. The van der Waals surface area contributed by atoms with E-state index in [0.29, 0.717) is 19.4 Å². The third-order valence-electron chi connectivity index (χ3n) is 2.05. The van der Waals surface area contributed by atoms with Gasteiger partial charge in [-0.25, -0.2) is 0 Å². The number of hydrogen-bond acceptors (Lipinski definition) is 2. The van der Waals surface area contributed by atoms with Crippen LogP contribution in [-0.4, -0.2) is 12.4 Å². The first kappa shape index (κ1) is 10.8. The number of carbonyl (C=O) groups is 1. The highest BCUT2D eigenvalue weighted by Gasteiger charge is 2.06. The molecule has 2 heteroatoms. The minimum absolute atomic E-state index is 0.247. The Hall–Kier alpha value is -1.31. The van der Waals surface area contributed by atoms with Gasteiger partial charge in [0, 0.05) is 18.4 Å². The Morgan fingerprint density at radius 1 is 1.29 bits per heavy atom. The van der Waals surface area contributed by atoms with Crippen LogP contribution >= 0.6 is 0 Å². The molecule has 1 aromatic rings. The molecule has 0 unspecified atom stereocenters. The van der Waals surface area contributed by atoms with E-state index in [2.05, 4.69) is 0 Å². The lowest BCUT2D eigenvalue weighted by Crippen LogP contribution is -2.03. The van der Waals surface area contributed by atoms with Gasteiger partial charge in [-0.05, 0) is 13.0 Å². The quantitative estimate of drug-likeness (QED) is 0.716. The summed E-state index contributed by atoms with van der Waals surface area (Å²) < 4.78 is 5.43. The van der Waals surface area contributed by atoms with Gasteiger partial charge in [-0.15, -0.1) is 0 Å². The van der Waals surface area contributed by atoms with E-state index < -0.39 is 0 Å². The molecule has 0 aliphatic rings. The van der Waals surface area contributed by atoms with E-state index in [-0.39, 0.29) is 5.78 Å². The molecule has 0 amide bonds. The minimum atomic E-state index is 0.247. The van der Waals surface area contributed by atoms with Crippen LogP contribution in [0, 0.1) is 0 Å². The van der Waals surface area contributed by atoms with Gasteiger partial charge in [0.05, 0.1) is 6.61 Å². The fourth-order valence-corrected chi connectivity index (χ4v) is 1.28. The van der Waals surface area contributed by atoms with Gasteiger partial charge in [-0.2, -0.15) is 0 Å². The Labute approximate surface area is 84.9 Å². The Bertz CT molecular complexity index is 305. The number of benzene rings is 1. The first-order valence-corrected chi connectivity index (χ1v) is 5.00. The van der Waals surface area contributed by atoms with Crippen molar-refractivity contribution in [3.05, 3.63) is 29.8 Å². The third-order valence-corrected chi connectivity index (χ3v) is 2.05. The van der Waals surface area contributed by atoms with Crippen molar-refractivity contribution in [3.8, 4) is 5.75 Å². The third kappa shape index (κ3) is 2.87. The van der Waals surface area contributed by atoms with E-state index in [9.17, 15) is 4.79 Å². The first-order valence-electron chi connectivity index (χ1n) is 5.00. The zero-order valence-corrected chi connectivity index (χ0v) is 8.75. The highest BCUT2D eigenvalue weighted by molar-refractivity contribution is 5.81. The maximum atomic E-state index is 11.3. The lowest BCUT2D eigenvalue weighted by Gasteiger charge is -2.08. The summed E-state index contributed by atoms with van der Waals surface area (Å²) in [6.45, 7) is 4.46. The zero-order valence-electron chi connectivity index (χ0n) is 8.75. The molecule has 0 fully saturated rings. The van der Waals surface area contributed by atoms with Gasteiger partial charge >= 0.3 is 0 Å². The Kier molecular flexibility index (Phi) is 4.17. The van der Waals surface area contributed by atoms with Gasteiger partial charge in [0.1, 0.15) is 11.5 Å². The topological polar surface area (TPSA) is 26.3 Å². The van der Waals surface area contributed by atoms with Crippen LogP contribution < -0.4 is 4.74 Å². The Morgan fingerprint density at radius 2 is 2.00 bits per heavy atom. The van der Waals surface area contributed by atoms with Gasteiger partial charge in [-0.3, -0.25) is 4.79 Å². The second-order valence-electron chi connectivity index (χ2n) is 3.11. The average Bonchev–Trinajstić information content (AvgIpc) is 2.21. The summed E-state index contributed by atoms with van der Waals surface area (Å²) in [5.41, 5.74) is 0.987. The van der Waals surface area contributed by atoms with E-state index in [4.69, 9.17) is 4.74 Å². The molecular weight excluding hydrogens is 176 g/mol. The van der Waals surface area contributed by atoms with E-state index in [0.717, 1.165) is 11.3 Å². The van der Waals surface area contributed by atoms with Crippen LogP contribution in [0.3, 0.4) is 0 Å². The number of carbonyl (C=O) groups excluding carboxylic acids is 1. The SMILES string of the molecule is CCOc1ccccc1CC(=O)CC. The number of Topliss-reactive ketones (excluding diaryl/α,β-unsaturated/α-hetero) is 1. The molecule has 0 bridgehead atoms. The van der Waals surface area contributed by atoms with Gasteiger partial charge in [0.25, 0.3) is 0 Å². The molecule has 0 saturated heterocycles. The normalized spacial score (nSPS) is 9.86. The van der Waals surface area contributed by atoms with Crippen LogP contribution in [-0.2, 0) is 11.2 Å². The van der Waals surface area contributed by atoms with E-state index >= 15 is 0 Å². The standard InChI is InChI=1S/C12H16O2/c1-3-11(13)9-10-7-5-6-8-12(10)14-4-2/h5-8H,3-4,9H2,1-2H3. The maximum absolute atomic E-state index is 11.3. The van der Waals surface area contributed by atoms with Crippen molar-refractivity contribution in [3.63, 3.8) is 0 Å². The fraction of sp³-hybridized carbons (Fsp3) is 0.417. The van der Waals surface area contributed by atoms with E-state index in [1.807, 2.05) is 38.1 Å². The monoisotopic (exact) mass is 192 g/mol. The highest BCUT2D eigenvalue weighted by Crippen LogP contribution is 2.18. The summed E-state index contributed by atoms with van der Waals surface area (Å²) in [6.07, 6.45) is 1.06. The van der Waals surface area contributed by atoms with Gasteiger partial charge in [0.15, 0.2) is 0 Å². The summed E-state index contributed by atoms with van der Waals surface area (Å²) in [7, 11) is 0. The number of hydrogen-bond donors (Lipinski definition) is 0. The fourth-order valence-electron chi connectivity index (χ4n) is 1.28. The summed E-state index contributed by atoms with van der Waals surface area (Å²) in [6, 6.07) is 7.70. The molecule has 0 aromatic heterocycles. The van der Waals surface area contributed by atoms with Gasteiger partial charge in [-0.1, -0.05) is 25.1 Å². The molecule has 76 valence electrons. The number of para-hydroxylation sites is 1. The average molecular weight is 192 g/mol. The van der Waals surface area contributed by atoms with Crippen LogP contribution in [0.5, 0.6) is 5.75 Å². The van der Waals surface area contributed by atoms with Crippen LogP contribution in [0.2, 0.25) is 0 Å². The second kappa shape index (κ2) is 5.43. The van der Waals surface area contributed by atoms with Crippen molar-refractivity contribution in [2.75, 3.05) is 6.61 Å². The van der Waals surface area contributed by atoms with Crippen LogP contribution in [0.4, 0.5) is 0 Å². The molecule has 14 heavy (non-hydrogen) atoms. The molecule has 0 atom stereocenters. The molecular formula is C12H16O2. The van der Waals surface area contributed by atoms with Crippen molar-refractivity contribution < 1.29 is 9.53 Å². The number of ketones is 1. The maximum Gasteiger partial charge on any atom is 0.137 e. The summed E-state index contributed by atoms with van der Waals surface area (Å²) >= 11 is 0. The summed E-state index contributed by atoms with van der Waals surface area (Å²) in [4.78, 5) is 11.3. The Balaban J connectivity index is 2.78. The van der Waals surface area contributed by atoms with Crippen molar-refractivity contribution in [2.45, 2.75) is 26.7 Å². The Morgan fingerprint density at radius 3 is 2.64 bits per heavy atom. The van der Waals surface area contributed by atoms with E-state index in [1.165, 1.54) is 0 Å². The van der Waals surface area contributed by atoms with Crippen molar-refractivity contribution >= 4 is 5.78 Å². The molecule has 0 spiro atoms. The predicted molar refractivity (Wildman–Crippen MR) is 56.6 cm³/mol. The molecule has 0 saturated carbocycles. The number of rotatable bonds is 5. The molecule has 0 aliphatic heterocycles. The van der Waals surface area contributed by atoms with Crippen LogP contribution in [0.15, 0.2) is 24.3 Å². The van der Waals surface area contributed by atoms with Gasteiger partial charge < -0.3 is 4.74 Å². The first-order chi connectivity index (χ1) is 6.77. The van der Waals surface area contributed by atoms with Crippen LogP contribution in [0.1, 0.15) is 25.8 Å². The minimum Gasteiger partial charge on any atom is -0.494 e. The number of ether oxygens (including phenoxy) is 1. The molecule has 0 aliphatic carbocycles. The molecule has 1 rings (SSSR count).